The second kappa shape index (κ2) is 6.12. The van der Waals surface area contributed by atoms with Gasteiger partial charge in [-0.25, -0.2) is 0 Å². The highest BCUT2D eigenvalue weighted by Crippen LogP contribution is 2.21. The number of ether oxygens (including phenoxy) is 1. The predicted octanol–water partition coefficient (Wildman–Crippen LogP) is 1.82. The molecule has 0 aromatic heterocycles. The molecule has 0 spiro atoms. The largest absolute Gasteiger partial charge is 0.366 e. The van der Waals surface area contributed by atoms with Gasteiger partial charge in [-0.3, -0.25) is 9.69 Å². The van der Waals surface area contributed by atoms with Crippen molar-refractivity contribution in [2.75, 3.05) is 19.7 Å². The fourth-order valence-electron chi connectivity index (χ4n) is 2.39. The fraction of sp³-hybridized carbons (Fsp3) is 0.533. The van der Waals surface area contributed by atoms with Crippen LogP contribution in [0.25, 0.3) is 0 Å². The fourth-order valence-corrected chi connectivity index (χ4v) is 2.59. The van der Waals surface area contributed by atoms with Gasteiger partial charge in [0.1, 0.15) is 6.10 Å². The number of morpholine rings is 1. The van der Waals surface area contributed by atoms with Gasteiger partial charge in [0.15, 0.2) is 0 Å². The molecule has 1 aliphatic heterocycles. The van der Waals surface area contributed by atoms with Crippen LogP contribution in [0.5, 0.6) is 0 Å². The third kappa shape index (κ3) is 3.51. The summed E-state index contributed by atoms with van der Waals surface area (Å²) in [5, 5.41) is 3.78. The van der Waals surface area contributed by atoms with E-state index in [0.717, 1.165) is 36.5 Å². The summed E-state index contributed by atoms with van der Waals surface area (Å²) in [5.74, 6) is 0.0244. The van der Waals surface area contributed by atoms with Crippen LogP contribution in [0.3, 0.4) is 0 Å². The molecule has 1 amide bonds. The molecule has 1 aliphatic carbocycles. The van der Waals surface area contributed by atoms with Gasteiger partial charge in [0.25, 0.3) is 5.91 Å². The topological polar surface area (TPSA) is 41.6 Å². The van der Waals surface area contributed by atoms with E-state index in [-0.39, 0.29) is 12.0 Å². The van der Waals surface area contributed by atoms with E-state index >= 15 is 0 Å². The van der Waals surface area contributed by atoms with E-state index < -0.39 is 0 Å². The summed E-state index contributed by atoms with van der Waals surface area (Å²) in [6.07, 6.45) is 1.84. The Morgan fingerprint density at radius 3 is 2.95 bits per heavy atom. The van der Waals surface area contributed by atoms with Crippen LogP contribution >= 0.6 is 11.6 Å². The summed E-state index contributed by atoms with van der Waals surface area (Å²) in [4.78, 5) is 14.2. The molecule has 2 aliphatic rings. The Bertz CT molecular complexity index is 491. The molecule has 108 valence electrons. The molecular formula is C15H19ClN2O2. The first-order valence-corrected chi connectivity index (χ1v) is 7.48. The molecule has 5 heteroatoms. The average Bonchev–Trinajstić information content (AvgIpc) is 3.26. The molecule has 1 unspecified atom stereocenters. The van der Waals surface area contributed by atoms with E-state index in [2.05, 4.69) is 10.2 Å². The van der Waals surface area contributed by atoms with Gasteiger partial charge in [-0.15, -0.1) is 0 Å². The normalized spacial score (nSPS) is 23.6. The molecular weight excluding hydrogens is 276 g/mol. The minimum Gasteiger partial charge on any atom is -0.366 e. The van der Waals surface area contributed by atoms with Crippen molar-refractivity contribution in [3.8, 4) is 0 Å². The molecule has 1 aromatic rings. The summed E-state index contributed by atoms with van der Waals surface area (Å²) in [7, 11) is 0. The smallest absolute Gasteiger partial charge is 0.250 e. The third-order valence-corrected chi connectivity index (χ3v) is 4.09. The molecule has 1 saturated heterocycles. The summed E-state index contributed by atoms with van der Waals surface area (Å²) in [6, 6.07) is 8.21. The van der Waals surface area contributed by atoms with E-state index in [1.54, 1.807) is 0 Å². The van der Waals surface area contributed by atoms with Gasteiger partial charge in [-0.05, 0) is 24.5 Å². The molecule has 0 radical (unpaired) electrons. The molecule has 2 fully saturated rings. The minimum atomic E-state index is -0.355. The SMILES string of the molecule is O=C(NC1CC1)C1CN(Cc2ccccc2Cl)CCO1. The van der Waals surface area contributed by atoms with Crippen molar-refractivity contribution in [1.82, 2.24) is 10.2 Å². The zero-order chi connectivity index (χ0) is 13.9. The van der Waals surface area contributed by atoms with Gasteiger partial charge in [0, 0.05) is 30.7 Å². The van der Waals surface area contributed by atoms with Crippen molar-refractivity contribution in [3.05, 3.63) is 34.9 Å². The highest BCUT2D eigenvalue weighted by Gasteiger charge is 2.31. The number of carbonyl (C=O) groups is 1. The van der Waals surface area contributed by atoms with Crippen LogP contribution in [0.1, 0.15) is 18.4 Å². The van der Waals surface area contributed by atoms with E-state index in [1.807, 2.05) is 24.3 Å². The number of nitrogens with zero attached hydrogens (tertiary/aromatic N) is 1. The highest BCUT2D eigenvalue weighted by atomic mass is 35.5. The molecule has 4 nitrogen and oxygen atoms in total. The third-order valence-electron chi connectivity index (χ3n) is 3.72. The first kappa shape index (κ1) is 13.9. The zero-order valence-electron chi connectivity index (χ0n) is 11.3. The van der Waals surface area contributed by atoms with Gasteiger partial charge in [0.2, 0.25) is 0 Å². The Kier molecular flexibility index (Phi) is 4.24. The molecule has 1 saturated carbocycles. The maximum atomic E-state index is 12.0. The van der Waals surface area contributed by atoms with E-state index in [0.29, 0.717) is 19.2 Å². The lowest BCUT2D eigenvalue weighted by Gasteiger charge is -2.32. The number of nitrogens with one attached hydrogen (secondary N) is 1. The number of carbonyl (C=O) groups excluding carboxylic acids is 1. The van der Waals surface area contributed by atoms with Gasteiger partial charge in [-0.2, -0.15) is 0 Å². The average molecular weight is 295 g/mol. The van der Waals surface area contributed by atoms with Crippen molar-refractivity contribution in [2.24, 2.45) is 0 Å². The Labute approximate surface area is 124 Å². The van der Waals surface area contributed by atoms with Gasteiger partial charge in [-0.1, -0.05) is 29.8 Å². The lowest BCUT2D eigenvalue weighted by atomic mass is 10.2. The number of benzene rings is 1. The van der Waals surface area contributed by atoms with Crippen LogP contribution in [0.15, 0.2) is 24.3 Å². The van der Waals surface area contributed by atoms with Crippen LogP contribution in [0.2, 0.25) is 5.02 Å². The number of rotatable bonds is 4. The van der Waals surface area contributed by atoms with Crippen LogP contribution in [-0.4, -0.2) is 42.6 Å². The lowest BCUT2D eigenvalue weighted by Crippen LogP contribution is -2.49. The Hall–Kier alpha value is -1.10. The maximum Gasteiger partial charge on any atom is 0.250 e. The van der Waals surface area contributed by atoms with Crippen molar-refractivity contribution in [2.45, 2.75) is 31.5 Å². The Morgan fingerprint density at radius 2 is 2.20 bits per heavy atom. The van der Waals surface area contributed by atoms with Crippen molar-refractivity contribution < 1.29 is 9.53 Å². The van der Waals surface area contributed by atoms with E-state index in [9.17, 15) is 4.79 Å². The molecule has 0 bridgehead atoms. The zero-order valence-corrected chi connectivity index (χ0v) is 12.1. The predicted molar refractivity (Wildman–Crippen MR) is 77.6 cm³/mol. The van der Waals surface area contributed by atoms with Crippen molar-refractivity contribution in [3.63, 3.8) is 0 Å². The Morgan fingerprint density at radius 1 is 1.40 bits per heavy atom. The van der Waals surface area contributed by atoms with Crippen LogP contribution in [-0.2, 0) is 16.1 Å². The van der Waals surface area contributed by atoms with E-state index in [4.69, 9.17) is 16.3 Å². The van der Waals surface area contributed by atoms with Gasteiger partial charge >= 0.3 is 0 Å². The van der Waals surface area contributed by atoms with E-state index in [1.165, 1.54) is 0 Å². The second-order valence-electron chi connectivity index (χ2n) is 5.47. The minimum absolute atomic E-state index is 0.0244. The summed E-state index contributed by atoms with van der Waals surface area (Å²) in [5.41, 5.74) is 1.09. The maximum absolute atomic E-state index is 12.0. The highest BCUT2D eigenvalue weighted by molar-refractivity contribution is 6.31. The van der Waals surface area contributed by atoms with Crippen LogP contribution in [0.4, 0.5) is 0 Å². The molecule has 20 heavy (non-hydrogen) atoms. The lowest BCUT2D eigenvalue weighted by molar-refractivity contribution is -0.138. The number of halogens is 1. The first-order chi connectivity index (χ1) is 9.72. The number of amides is 1. The van der Waals surface area contributed by atoms with Crippen molar-refractivity contribution >= 4 is 17.5 Å². The molecule has 1 heterocycles. The first-order valence-electron chi connectivity index (χ1n) is 7.10. The quantitative estimate of drug-likeness (QED) is 0.921. The molecule has 3 rings (SSSR count). The molecule has 1 atom stereocenters. The monoisotopic (exact) mass is 294 g/mol. The van der Waals surface area contributed by atoms with Crippen LogP contribution < -0.4 is 5.32 Å². The number of hydrogen-bond acceptors (Lipinski definition) is 3. The summed E-state index contributed by atoms with van der Waals surface area (Å²) >= 11 is 6.18. The van der Waals surface area contributed by atoms with Gasteiger partial charge in [0.05, 0.1) is 6.61 Å². The summed E-state index contributed by atoms with van der Waals surface area (Å²) < 4.78 is 5.58. The summed E-state index contributed by atoms with van der Waals surface area (Å²) in [6.45, 7) is 2.81. The van der Waals surface area contributed by atoms with Gasteiger partial charge < -0.3 is 10.1 Å². The second-order valence-corrected chi connectivity index (χ2v) is 5.88. The Balaban J connectivity index is 1.57. The van der Waals surface area contributed by atoms with Crippen molar-refractivity contribution in [1.29, 1.82) is 0 Å². The molecule has 1 N–H and O–H groups in total. The van der Waals surface area contributed by atoms with Crippen LogP contribution in [0, 0.1) is 0 Å². The standard InChI is InChI=1S/C15H19ClN2O2/c16-13-4-2-1-3-11(13)9-18-7-8-20-14(10-18)15(19)17-12-5-6-12/h1-4,12,14H,5-10H2,(H,17,19). The molecule has 1 aromatic carbocycles. The number of hydrogen-bond donors (Lipinski definition) is 1.